The van der Waals surface area contributed by atoms with Crippen LogP contribution in [0.25, 0.3) is 0 Å². The molecule has 0 heteroatoms. The highest BCUT2D eigenvalue weighted by Crippen LogP contribution is 2.40. The van der Waals surface area contributed by atoms with Gasteiger partial charge < -0.3 is 0 Å². The van der Waals surface area contributed by atoms with Crippen LogP contribution in [0.5, 0.6) is 0 Å². The van der Waals surface area contributed by atoms with Crippen LogP contribution in [0.3, 0.4) is 0 Å². The van der Waals surface area contributed by atoms with Gasteiger partial charge in [0, 0.05) is 1.37 Å². The second-order valence-electron chi connectivity index (χ2n) is 2.43. The van der Waals surface area contributed by atoms with Gasteiger partial charge in [-0.2, -0.15) is 0 Å². The molecule has 0 aliphatic heterocycles. The quantitative estimate of drug-likeness (QED) is 0.404. The molecule has 2 bridgehead atoms. The van der Waals surface area contributed by atoms with Crippen LogP contribution < -0.4 is 0 Å². The molecule has 3 atom stereocenters. The molecule has 1 fully saturated rings. The van der Waals surface area contributed by atoms with Gasteiger partial charge in [0.2, 0.25) is 0 Å². The second-order valence-corrected chi connectivity index (χ2v) is 2.43. The monoisotopic (exact) mass is 96.1 g/mol. The number of hydrogen-bond donors (Lipinski definition) is 0. The number of fused-ring (bicyclic) bond motifs is 1. The van der Waals surface area contributed by atoms with Crippen LogP contribution in [0.1, 0.15) is 22.0 Å². The second kappa shape index (κ2) is 1.12. The summed E-state index contributed by atoms with van der Waals surface area (Å²) in [7, 11) is 0. The Morgan fingerprint density at radius 1 is 1.86 bits per heavy atom. The fourth-order valence-electron chi connectivity index (χ4n) is 1.31. The van der Waals surface area contributed by atoms with Gasteiger partial charge in [-0.1, -0.05) is 12.1 Å². The lowest BCUT2D eigenvalue weighted by Crippen LogP contribution is -2.24. The van der Waals surface area contributed by atoms with Crippen molar-refractivity contribution in [3.05, 3.63) is 12.1 Å². The number of allylic oxidation sites excluding steroid dienone is 2. The fraction of sp³-hybridized carbons (Fsp3) is 0.714. The van der Waals surface area contributed by atoms with Crippen molar-refractivity contribution < 1.29 is 2.74 Å². The molecule has 0 nitrogen and oxygen atoms in total. The van der Waals surface area contributed by atoms with Crippen LogP contribution in [0.2, 0.25) is 0 Å². The maximum absolute atomic E-state index is 7.49. The summed E-state index contributed by atoms with van der Waals surface area (Å²) in [4.78, 5) is 0. The summed E-state index contributed by atoms with van der Waals surface area (Å²) in [6.07, 6.45) is 4.14. The van der Waals surface area contributed by atoms with Gasteiger partial charge in [-0.15, -0.1) is 0 Å². The van der Waals surface area contributed by atoms with E-state index in [2.05, 4.69) is 0 Å². The van der Waals surface area contributed by atoms with Gasteiger partial charge in [-0.3, -0.25) is 0 Å². The summed E-state index contributed by atoms with van der Waals surface area (Å²) in [5, 5.41) is 0. The van der Waals surface area contributed by atoms with Crippen LogP contribution in [0.4, 0.5) is 0 Å². The van der Waals surface area contributed by atoms with Crippen molar-refractivity contribution in [2.24, 2.45) is 11.8 Å². The molecular weight excluding hydrogens is 84.1 g/mol. The van der Waals surface area contributed by atoms with Crippen molar-refractivity contribution in [3.8, 4) is 0 Å². The minimum atomic E-state index is 0.138. The van der Waals surface area contributed by atoms with Gasteiger partial charge in [0.15, 0.2) is 0 Å². The number of rotatable bonds is 0. The highest BCUT2D eigenvalue weighted by atomic mass is 14.3. The molecule has 0 aromatic carbocycles. The van der Waals surface area contributed by atoms with Crippen molar-refractivity contribution >= 4 is 0 Å². The topological polar surface area (TPSA) is 0 Å². The van der Waals surface area contributed by atoms with Gasteiger partial charge in [0.05, 0.1) is 1.37 Å². The Morgan fingerprint density at radius 2 is 2.86 bits per heavy atom. The first-order chi connectivity index (χ1) is 4.27. The lowest BCUT2D eigenvalue weighted by molar-refractivity contribution is 0.225. The highest BCUT2D eigenvalue weighted by molar-refractivity contribution is 5.03. The van der Waals surface area contributed by atoms with Crippen LogP contribution in [0.15, 0.2) is 12.1 Å². The third-order valence-electron chi connectivity index (χ3n) is 1.81. The lowest BCUT2D eigenvalue weighted by atomic mass is 9.69. The van der Waals surface area contributed by atoms with Crippen molar-refractivity contribution in [1.82, 2.24) is 0 Å². The first-order valence-corrected chi connectivity index (χ1v) is 2.87. The Kier molecular flexibility index (Phi) is 0.374. The van der Waals surface area contributed by atoms with E-state index < -0.39 is 0 Å². The van der Waals surface area contributed by atoms with E-state index in [0.29, 0.717) is 11.8 Å². The molecule has 0 heterocycles. The van der Waals surface area contributed by atoms with Gasteiger partial charge in [0.25, 0.3) is 0 Å². The molecule has 1 saturated carbocycles. The molecular formula is C7H10. The summed E-state index contributed by atoms with van der Waals surface area (Å²) in [5.41, 5.74) is 0. The number of hydrogen-bond acceptors (Lipinski definition) is 0. The first kappa shape index (κ1) is 2.34. The standard InChI is InChI=1S/C7H10/c1-2-6-4-7(3-1)5-6/h1-2,6-7H,3-5H2/i1D,4D. The van der Waals surface area contributed by atoms with E-state index in [1.807, 2.05) is 6.08 Å². The van der Waals surface area contributed by atoms with Crippen molar-refractivity contribution in [2.75, 3.05) is 0 Å². The molecule has 0 saturated heterocycles. The van der Waals surface area contributed by atoms with E-state index in [9.17, 15) is 0 Å². The van der Waals surface area contributed by atoms with Gasteiger partial charge in [-0.05, 0) is 31.1 Å². The zero-order chi connectivity index (χ0) is 6.43. The zero-order valence-electron chi connectivity index (χ0n) is 6.22. The van der Waals surface area contributed by atoms with Crippen LogP contribution in [0, 0.1) is 11.8 Å². The average molecular weight is 96.2 g/mol. The Balaban J connectivity index is 2.19. The molecule has 0 aromatic heterocycles. The SMILES string of the molecule is [2H]C1=CC2CC(C1)C2[2H]. The molecule has 0 aromatic rings. The fourth-order valence-corrected chi connectivity index (χ4v) is 1.31. The normalized spacial score (nSPS) is 61.7. The van der Waals surface area contributed by atoms with Crippen molar-refractivity contribution in [3.63, 3.8) is 0 Å². The van der Waals surface area contributed by atoms with E-state index >= 15 is 0 Å². The molecule has 0 radical (unpaired) electrons. The smallest absolute Gasteiger partial charge is 0.0573 e. The molecule has 7 heavy (non-hydrogen) atoms. The molecule has 3 rings (SSSR count). The minimum absolute atomic E-state index is 0.138. The van der Waals surface area contributed by atoms with Crippen LogP contribution in [-0.2, 0) is 0 Å². The van der Waals surface area contributed by atoms with Gasteiger partial charge in [-0.25, -0.2) is 0 Å². The molecule has 0 N–H and O–H groups in total. The summed E-state index contributed by atoms with van der Waals surface area (Å²) in [6.45, 7) is 0. The Hall–Kier alpha value is -0.260. The van der Waals surface area contributed by atoms with Gasteiger partial charge >= 0.3 is 0 Å². The molecule has 3 unspecified atom stereocenters. The Bertz CT molecular complexity index is 162. The van der Waals surface area contributed by atoms with E-state index in [1.165, 1.54) is 6.42 Å². The lowest BCUT2D eigenvalue weighted by Gasteiger charge is -2.36. The highest BCUT2D eigenvalue weighted by Gasteiger charge is 2.28. The zero-order valence-corrected chi connectivity index (χ0v) is 4.22. The van der Waals surface area contributed by atoms with E-state index in [4.69, 9.17) is 2.74 Å². The van der Waals surface area contributed by atoms with E-state index in [-0.39, 0.29) is 6.40 Å². The first-order valence-electron chi connectivity index (χ1n) is 3.94. The average Bonchev–Trinajstić information content (AvgIpc) is 1.87. The van der Waals surface area contributed by atoms with E-state index in [0.717, 1.165) is 12.5 Å². The minimum Gasteiger partial charge on any atom is -0.0880 e. The summed E-state index contributed by atoms with van der Waals surface area (Å²) >= 11 is 0. The molecule has 0 amide bonds. The molecule has 3 aliphatic carbocycles. The van der Waals surface area contributed by atoms with E-state index in [1.54, 1.807) is 0 Å². The summed E-state index contributed by atoms with van der Waals surface area (Å²) in [5.74, 6) is 0.976. The summed E-state index contributed by atoms with van der Waals surface area (Å²) in [6, 6.07) is 0.764. The van der Waals surface area contributed by atoms with Crippen molar-refractivity contribution in [1.29, 1.82) is 0 Å². The maximum atomic E-state index is 7.49. The predicted molar refractivity (Wildman–Crippen MR) is 30.0 cm³/mol. The van der Waals surface area contributed by atoms with Gasteiger partial charge in [0.1, 0.15) is 0 Å². The maximum Gasteiger partial charge on any atom is 0.0573 e. The Morgan fingerprint density at radius 3 is 3.29 bits per heavy atom. The third kappa shape index (κ3) is 0.425. The third-order valence-corrected chi connectivity index (χ3v) is 1.81. The largest absolute Gasteiger partial charge is 0.0880 e. The molecule has 0 spiro atoms. The Labute approximate surface area is 47.0 Å². The van der Waals surface area contributed by atoms with Crippen LogP contribution in [-0.4, -0.2) is 0 Å². The van der Waals surface area contributed by atoms with Crippen LogP contribution >= 0.6 is 0 Å². The predicted octanol–water partition coefficient (Wildman–Crippen LogP) is 1.97. The van der Waals surface area contributed by atoms with Crippen molar-refractivity contribution in [2.45, 2.75) is 19.2 Å². The molecule has 38 valence electrons. The summed E-state index contributed by atoms with van der Waals surface area (Å²) < 4.78 is 14.8. The molecule has 3 aliphatic rings.